The van der Waals surface area contributed by atoms with Gasteiger partial charge in [0.15, 0.2) is 11.4 Å². The highest BCUT2D eigenvalue weighted by molar-refractivity contribution is 8.13. The average Bonchev–Trinajstić information content (AvgIpc) is 2.69. The minimum absolute atomic E-state index is 0.0370. The maximum atomic E-state index is 11.3. The lowest BCUT2D eigenvalue weighted by molar-refractivity contribution is -0.123. The van der Waals surface area contributed by atoms with E-state index in [2.05, 4.69) is 6.92 Å². The summed E-state index contributed by atoms with van der Waals surface area (Å²) >= 11 is 1.26. The van der Waals surface area contributed by atoms with Crippen LogP contribution in [-0.2, 0) is 19.1 Å². The lowest BCUT2D eigenvalue weighted by atomic mass is 9.83. The molecule has 0 rings (SSSR count). The number of unbranched alkanes of at least 4 members (excludes halogenated alkanes) is 1. The number of carbonyl (C=O) groups excluding carboxylic acids is 2. The number of carbonyl (C=O) groups is 2. The number of thioether (sulfide) groups is 1. The Balaban J connectivity index is -0.000000431. The van der Waals surface area contributed by atoms with Crippen molar-refractivity contribution in [1.82, 2.24) is 0 Å². The van der Waals surface area contributed by atoms with Crippen LogP contribution in [0.25, 0.3) is 0 Å². The van der Waals surface area contributed by atoms with Crippen LogP contribution in [-0.4, -0.2) is 60.1 Å². The van der Waals surface area contributed by atoms with Gasteiger partial charge in [0.2, 0.25) is 0 Å². The highest BCUT2D eigenvalue weighted by atomic mass is 32.2. The molecule has 0 aromatic carbocycles. The molecule has 1 atom stereocenters. The van der Waals surface area contributed by atoms with Crippen LogP contribution in [0.15, 0.2) is 12.2 Å². The fraction of sp³-hybridized carbons (Fsp3) is 0.810. The Morgan fingerprint density at radius 2 is 1.68 bits per heavy atom. The van der Waals surface area contributed by atoms with Crippen LogP contribution < -0.4 is 0 Å². The zero-order valence-corrected chi connectivity index (χ0v) is 19.4. The van der Waals surface area contributed by atoms with Crippen molar-refractivity contribution in [1.29, 1.82) is 0 Å². The molecule has 0 spiro atoms. The van der Waals surface area contributed by atoms with Crippen molar-refractivity contribution in [2.24, 2.45) is 5.41 Å². The molecule has 0 amide bonds. The van der Waals surface area contributed by atoms with Crippen LogP contribution in [0.2, 0.25) is 0 Å². The quantitative estimate of drug-likeness (QED) is 0.263. The zero-order chi connectivity index (χ0) is 22.3. The van der Waals surface area contributed by atoms with E-state index in [1.165, 1.54) is 11.8 Å². The van der Waals surface area contributed by atoms with Gasteiger partial charge in [-0.15, -0.1) is 0 Å². The molecule has 0 aliphatic rings. The molecule has 168 valence electrons. The second-order valence-corrected chi connectivity index (χ2v) is 7.21. The minimum atomic E-state index is -0.348. The van der Waals surface area contributed by atoms with E-state index in [1.807, 2.05) is 39.8 Å². The number of aliphatic hydroxyl groups is 2. The number of ether oxygens (including phenoxy) is 2. The summed E-state index contributed by atoms with van der Waals surface area (Å²) in [6.07, 6.45) is 8.71. The Hall–Kier alpha value is -0.730. The normalized spacial score (nSPS) is 12.6. The Morgan fingerprint density at radius 1 is 1.14 bits per heavy atom. The highest BCUT2D eigenvalue weighted by Gasteiger charge is 2.28. The van der Waals surface area contributed by atoms with E-state index >= 15 is 0 Å². The number of hydrogen-bond acceptors (Lipinski definition) is 7. The number of aldehydes is 1. The maximum Gasteiger partial charge on any atom is 0.185 e. The molecule has 28 heavy (non-hydrogen) atoms. The van der Waals surface area contributed by atoms with Crippen molar-refractivity contribution in [2.75, 3.05) is 32.2 Å². The van der Waals surface area contributed by atoms with Crippen molar-refractivity contribution < 1.29 is 29.3 Å². The van der Waals surface area contributed by atoms with Crippen molar-refractivity contribution in [3.63, 3.8) is 0 Å². The molecular weight excluding hydrogens is 380 g/mol. The van der Waals surface area contributed by atoms with Gasteiger partial charge in [-0.3, -0.25) is 4.79 Å². The van der Waals surface area contributed by atoms with Gasteiger partial charge in [-0.25, -0.2) is 0 Å². The van der Waals surface area contributed by atoms with Crippen molar-refractivity contribution in [2.45, 2.75) is 73.5 Å². The Bertz CT molecular complexity index is 368. The van der Waals surface area contributed by atoms with Crippen molar-refractivity contribution in [3.8, 4) is 0 Å². The van der Waals surface area contributed by atoms with Crippen LogP contribution in [0, 0.1) is 5.41 Å². The summed E-state index contributed by atoms with van der Waals surface area (Å²) in [5.74, 6) is 0.607. The highest BCUT2D eigenvalue weighted by Crippen LogP contribution is 2.31. The van der Waals surface area contributed by atoms with Gasteiger partial charge in [0.1, 0.15) is 6.29 Å². The second kappa shape index (κ2) is 24.3. The van der Waals surface area contributed by atoms with Gasteiger partial charge in [0, 0.05) is 31.3 Å². The van der Waals surface area contributed by atoms with Crippen molar-refractivity contribution in [3.05, 3.63) is 12.2 Å². The minimum Gasteiger partial charge on any atom is -0.394 e. The van der Waals surface area contributed by atoms with E-state index in [0.717, 1.165) is 45.2 Å². The average molecular weight is 423 g/mol. The van der Waals surface area contributed by atoms with Crippen LogP contribution in [0.1, 0.15) is 67.2 Å². The summed E-state index contributed by atoms with van der Waals surface area (Å²) in [5, 5.41) is 15.3. The standard InChI is InChI=1S/C13H22O2S.C6H14O2.C2H6O2/c1-4-6-8-13(10-14,9-7-5-2)11-16-12(3)15;1-4-7-6(3)8-5-2;3-1-2-4/h4,6,10H,5,7-9,11H2,1-3H3;6H,4-5H2,1-3H3;3-4H,1-2H2/b6-4+;;. The van der Waals surface area contributed by atoms with E-state index in [-0.39, 0.29) is 30.0 Å². The van der Waals surface area contributed by atoms with E-state index in [9.17, 15) is 9.59 Å². The smallest absolute Gasteiger partial charge is 0.185 e. The summed E-state index contributed by atoms with van der Waals surface area (Å²) in [6, 6.07) is 0. The SMILES string of the molecule is C/C=C/CC(C=O)(CCCC)CSC(C)=O.CCOC(C)OCC.OCCO. The monoisotopic (exact) mass is 422 g/mol. The molecule has 1 unspecified atom stereocenters. The first-order chi connectivity index (χ1) is 13.3. The number of aliphatic hydroxyl groups excluding tert-OH is 2. The fourth-order valence-corrected chi connectivity index (χ4v) is 2.84. The molecule has 6 nitrogen and oxygen atoms in total. The predicted octanol–water partition coefficient (Wildman–Crippen LogP) is 3.98. The molecule has 0 aromatic rings. The van der Waals surface area contributed by atoms with E-state index in [0.29, 0.717) is 5.75 Å². The molecule has 0 aliphatic carbocycles. The first-order valence-electron chi connectivity index (χ1n) is 9.98. The van der Waals surface area contributed by atoms with Gasteiger partial charge in [-0.1, -0.05) is 43.7 Å². The molecule has 0 aliphatic heterocycles. The molecule has 2 N–H and O–H groups in total. The van der Waals surface area contributed by atoms with Gasteiger partial charge >= 0.3 is 0 Å². The third kappa shape index (κ3) is 23.3. The Kier molecular flexibility index (Phi) is 27.7. The predicted molar refractivity (Wildman–Crippen MR) is 117 cm³/mol. The van der Waals surface area contributed by atoms with Gasteiger partial charge in [-0.05, 0) is 40.5 Å². The first kappa shape index (κ1) is 31.9. The van der Waals surface area contributed by atoms with Crippen molar-refractivity contribution >= 4 is 23.2 Å². The summed E-state index contributed by atoms with van der Waals surface area (Å²) in [5.41, 5.74) is -0.348. The van der Waals surface area contributed by atoms with Crippen LogP contribution in [0.3, 0.4) is 0 Å². The zero-order valence-electron chi connectivity index (χ0n) is 18.6. The van der Waals surface area contributed by atoms with Crippen LogP contribution >= 0.6 is 11.8 Å². The lowest BCUT2D eigenvalue weighted by Gasteiger charge is -2.25. The molecule has 7 heteroatoms. The molecule has 0 radical (unpaired) electrons. The Labute approximate surface area is 176 Å². The first-order valence-corrected chi connectivity index (χ1v) is 11.0. The number of rotatable bonds is 13. The van der Waals surface area contributed by atoms with E-state index in [4.69, 9.17) is 19.7 Å². The maximum absolute atomic E-state index is 11.3. The molecular formula is C21H42O6S. The molecule has 0 heterocycles. The summed E-state index contributed by atoms with van der Waals surface area (Å²) in [6.45, 7) is 12.6. The third-order valence-corrected chi connectivity index (χ3v) is 4.63. The number of hydrogen-bond donors (Lipinski definition) is 2. The topological polar surface area (TPSA) is 93.1 Å². The van der Waals surface area contributed by atoms with Gasteiger partial charge in [-0.2, -0.15) is 0 Å². The summed E-state index contributed by atoms with van der Waals surface area (Å²) < 4.78 is 10.1. The van der Waals surface area contributed by atoms with E-state index in [1.54, 1.807) is 6.92 Å². The molecule has 0 bridgehead atoms. The largest absolute Gasteiger partial charge is 0.394 e. The Morgan fingerprint density at radius 3 is 2.00 bits per heavy atom. The van der Waals surface area contributed by atoms with Gasteiger partial charge in [0.05, 0.1) is 13.2 Å². The molecule has 0 aromatic heterocycles. The van der Waals surface area contributed by atoms with E-state index < -0.39 is 0 Å². The van der Waals surface area contributed by atoms with Gasteiger partial charge < -0.3 is 24.5 Å². The van der Waals surface area contributed by atoms with Crippen LogP contribution in [0.4, 0.5) is 0 Å². The molecule has 0 saturated carbocycles. The summed E-state index contributed by atoms with van der Waals surface area (Å²) in [4.78, 5) is 22.3. The second-order valence-electron chi connectivity index (χ2n) is 6.06. The van der Waals surface area contributed by atoms with Gasteiger partial charge in [0.25, 0.3) is 0 Å². The molecule has 0 fully saturated rings. The third-order valence-electron chi connectivity index (χ3n) is 3.50. The number of allylic oxidation sites excluding steroid dienone is 2. The summed E-state index contributed by atoms with van der Waals surface area (Å²) in [7, 11) is 0. The fourth-order valence-electron chi connectivity index (χ4n) is 2.02. The molecule has 0 saturated heterocycles. The van der Waals surface area contributed by atoms with Crippen LogP contribution in [0.5, 0.6) is 0 Å². The lowest BCUT2D eigenvalue weighted by Crippen LogP contribution is -2.25.